The zero-order valence-electron chi connectivity index (χ0n) is 8.09. The van der Waals surface area contributed by atoms with Crippen LogP contribution in [0.3, 0.4) is 0 Å². The molecule has 1 aromatic carbocycles. The lowest BCUT2D eigenvalue weighted by atomic mass is 10.1. The molecule has 0 radical (unpaired) electrons. The molecular weight excluding hydrogens is 198 g/mol. The second-order valence-electron chi connectivity index (χ2n) is 2.97. The Kier molecular flexibility index (Phi) is 4.45. The summed E-state index contributed by atoms with van der Waals surface area (Å²) in [5, 5.41) is 9.22. The number of hydrogen-bond donors (Lipinski definition) is 0. The van der Waals surface area contributed by atoms with Crippen molar-refractivity contribution in [1.29, 1.82) is 5.26 Å². The Hall–Kier alpha value is -1.04. The minimum Gasteiger partial charge on any atom is -0.377 e. The summed E-state index contributed by atoms with van der Waals surface area (Å²) in [6, 6.07) is 7.27. The van der Waals surface area contributed by atoms with E-state index in [1.807, 2.05) is 12.1 Å². The van der Waals surface area contributed by atoms with Gasteiger partial charge in [-0.15, -0.1) is 0 Å². The van der Waals surface area contributed by atoms with E-state index in [1.54, 1.807) is 12.1 Å². The van der Waals surface area contributed by atoms with Gasteiger partial charge in [-0.3, -0.25) is 0 Å². The van der Waals surface area contributed by atoms with Crippen molar-refractivity contribution in [2.75, 3.05) is 6.61 Å². The number of halogens is 1. The highest BCUT2D eigenvalue weighted by Gasteiger charge is 2.01. The van der Waals surface area contributed by atoms with Crippen molar-refractivity contribution >= 4 is 11.6 Å². The van der Waals surface area contributed by atoms with Gasteiger partial charge in [0.15, 0.2) is 0 Å². The van der Waals surface area contributed by atoms with Gasteiger partial charge in [-0.25, -0.2) is 0 Å². The van der Waals surface area contributed by atoms with Crippen molar-refractivity contribution in [3.8, 4) is 6.07 Å². The number of rotatable bonds is 4. The minimum absolute atomic E-state index is 0.512. The van der Waals surface area contributed by atoms with Crippen molar-refractivity contribution < 1.29 is 4.74 Å². The van der Waals surface area contributed by atoms with Crippen LogP contribution in [0.5, 0.6) is 0 Å². The lowest BCUT2D eigenvalue weighted by molar-refractivity contribution is 0.121. The SMILES string of the molecule is CCCOCc1ccc(C#N)cc1Cl. The summed E-state index contributed by atoms with van der Waals surface area (Å²) in [5.74, 6) is 0. The van der Waals surface area contributed by atoms with Crippen LogP contribution in [0.1, 0.15) is 24.5 Å². The van der Waals surface area contributed by atoms with E-state index in [2.05, 4.69) is 6.92 Å². The van der Waals surface area contributed by atoms with Crippen molar-refractivity contribution in [2.45, 2.75) is 20.0 Å². The molecule has 3 heteroatoms. The van der Waals surface area contributed by atoms with Crippen LogP contribution in [0.25, 0.3) is 0 Å². The quantitative estimate of drug-likeness (QED) is 0.714. The van der Waals surface area contributed by atoms with Crippen LogP contribution in [0.2, 0.25) is 5.02 Å². The zero-order valence-corrected chi connectivity index (χ0v) is 8.84. The molecule has 0 saturated heterocycles. The molecule has 2 nitrogen and oxygen atoms in total. The van der Waals surface area contributed by atoms with Crippen LogP contribution >= 0.6 is 11.6 Å². The molecule has 0 aliphatic carbocycles. The first-order valence-electron chi connectivity index (χ1n) is 4.54. The van der Waals surface area contributed by atoms with Gasteiger partial charge in [-0.05, 0) is 24.1 Å². The molecular formula is C11H12ClNO. The van der Waals surface area contributed by atoms with Crippen molar-refractivity contribution in [1.82, 2.24) is 0 Å². The molecule has 0 fully saturated rings. The van der Waals surface area contributed by atoms with Crippen molar-refractivity contribution in [2.24, 2.45) is 0 Å². The van der Waals surface area contributed by atoms with Gasteiger partial charge < -0.3 is 4.74 Å². The second kappa shape index (κ2) is 5.64. The van der Waals surface area contributed by atoms with E-state index in [-0.39, 0.29) is 0 Å². The third-order valence-corrected chi connectivity index (χ3v) is 2.14. The Morgan fingerprint density at radius 2 is 2.29 bits per heavy atom. The molecule has 0 bridgehead atoms. The predicted octanol–water partition coefficient (Wildman–Crippen LogP) is 3.14. The van der Waals surface area contributed by atoms with Gasteiger partial charge in [0.2, 0.25) is 0 Å². The smallest absolute Gasteiger partial charge is 0.0992 e. The van der Waals surface area contributed by atoms with E-state index < -0.39 is 0 Å². The summed E-state index contributed by atoms with van der Waals surface area (Å²) in [5.41, 5.74) is 1.51. The standard InChI is InChI=1S/C11H12ClNO/c1-2-5-14-8-10-4-3-9(7-13)6-11(10)12/h3-4,6H,2,5,8H2,1H3. The summed E-state index contributed by atoms with van der Waals surface area (Å²) in [4.78, 5) is 0. The van der Waals surface area contributed by atoms with Gasteiger partial charge in [-0.2, -0.15) is 5.26 Å². The van der Waals surface area contributed by atoms with Crippen molar-refractivity contribution in [3.05, 3.63) is 34.3 Å². The third kappa shape index (κ3) is 3.02. The second-order valence-corrected chi connectivity index (χ2v) is 3.38. The molecule has 1 rings (SSSR count). The summed E-state index contributed by atoms with van der Waals surface area (Å²) in [6.45, 7) is 3.30. The van der Waals surface area contributed by atoms with Crippen LogP contribution < -0.4 is 0 Å². The maximum Gasteiger partial charge on any atom is 0.0992 e. The first kappa shape index (κ1) is 11.0. The highest BCUT2D eigenvalue weighted by atomic mass is 35.5. The van der Waals surface area contributed by atoms with Gasteiger partial charge in [0.1, 0.15) is 0 Å². The lowest BCUT2D eigenvalue weighted by Gasteiger charge is -2.04. The Morgan fingerprint density at radius 1 is 1.50 bits per heavy atom. The Morgan fingerprint density at radius 3 is 2.86 bits per heavy atom. The van der Waals surface area contributed by atoms with Crippen LogP contribution in [0, 0.1) is 11.3 Å². The molecule has 0 aromatic heterocycles. The fraction of sp³-hybridized carbons (Fsp3) is 0.364. The molecule has 0 saturated carbocycles. The average Bonchev–Trinajstić information content (AvgIpc) is 2.20. The summed E-state index contributed by atoms with van der Waals surface area (Å²) >= 11 is 5.96. The molecule has 1 aromatic rings. The minimum atomic E-state index is 0.512. The molecule has 0 heterocycles. The lowest BCUT2D eigenvalue weighted by Crippen LogP contribution is -1.95. The largest absolute Gasteiger partial charge is 0.377 e. The highest BCUT2D eigenvalue weighted by molar-refractivity contribution is 6.31. The zero-order chi connectivity index (χ0) is 10.4. The van der Waals surface area contributed by atoms with E-state index in [1.165, 1.54) is 0 Å². The topological polar surface area (TPSA) is 33.0 Å². The highest BCUT2D eigenvalue weighted by Crippen LogP contribution is 2.18. The van der Waals surface area contributed by atoms with Gasteiger partial charge >= 0.3 is 0 Å². The molecule has 0 amide bonds. The monoisotopic (exact) mass is 209 g/mol. The maximum atomic E-state index is 8.63. The molecule has 0 spiro atoms. The number of nitrogens with zero attached hydrogens (tertiary/aromatic N) is 1. The molecule has 0 N–H and O–H groups in total. The predicted molar refractivity (Wildman–Crippen MR) is 56.1 cm³/mol. The normalized spacial score (nSPS) is 9.79. The third-order valence-electron chi connectivity index (χ3n) is 1.79. The van der Waals surface area contributed by atoms with Crippen LogP contribution in [0.15, 0.2) is 18.2 Å². The van der Waals surface area contributed by atoms with Crippen LogP contribution in [-0.2, 0) is 11.3 Å². The van der Waals surface area contributed by atoms with Crippen LogP contribution in [0.4, 0.5) is 0 Å². The first-order chi connectivity index (χ1) is 6.77. The van der Waals surface area contributed by atoms with E-state index >= 15 is 0 Å². The van der Waals surface area contributed by atoms with Gasteiger partial charge in [0.05, 0.1) is 18.2 Å². The van der Waals surface area contributed by atoms with Gasteiger partial charge in [-0.1, -0.05) is 24.6 Å². The van der Waals surface area contributed by atoms with E-state index in [0.717, 1.165) is 18.6 Å². The Labute approximate surface area is 89.1 Å². The number of benzene rings is 1. The number of hydrogen-bond acceptors (Lipinski definition) is 2. The summed E-state index contributed by atoms with van der Waals surface area (Å²) in [6.07, 6.45) is 0.994. The molecule has 0 aliphatic rings. The molecule has 0 unspecified atom stereocenters. The molecule has 0 atom stereocenters. The van der Waals surface area contributed by atoms with Gasteiger partial charge in [0, 0.05) is 11.6 Å². The van der Waals surface area contributed by atoms with Crippen molar-refractivity contribution in [3.63, 3.8) is 0 Å². The molecule has 74 valence electrons. The summed E-state index contributed by atoms with van der Waals surface area (Å²) < 4.78 is 5.36. The Bertz CT molecular complexity index is 344. The molecule has 0 aliphatic heterocycles. The van der Waals surface area contributed by atoms with Crippen LogP contribution in [-0.4, -0.2) is 6.61 Å². The number of nitriles is 1. The number of ether oxygens (including phenoxy) is 1. The fourth-order valence-corrected chi connectivity index (χ4v) is 1.30. The Balaban J connectivity index is 2.65. The first-order valence-corrected chi connectivity index (χ1v) is 4.92. The fourth-order valence-electron chi connectivity index (χ4n) is 1.06. The molecule has 14 heavy (non-hydrogen) atoms. The summed E-state index contributed by atoms with van der Waals surface area (Å²) in [7, 11) is 0. The average molecular weight is 210 g/mol. The van der Waals surface area contributed by atoms with E-state index in [0.29, 0.717) is 17.2 Å². The van der Waals surface area contributed by atoms with Gasteiger partial charge in [0.25, 0.3) is 0 Å². The maximum absolute atomic E-state index is 8.63. The van der Waals surface area contributed by atoms with E-state index in [4.69, 9.17) is 21.6 Å². The van der Waals surface area contributed by atoms with E-state index in [9.17, 15) is 0 Å².